The van der Waals surface area contributed by atoms with Crippen LogP contribution >= 0.6 is 0 Å². The van der Waals surface area contributed by atoms with Crippen LogP contribution in [0.15, 0.2) is 72.8 Å². The van der Waals surface area contributed by atoms with E-state index in [4.69, 9.17) is 15.6 Å². The van der Waals surface area contributed by atoms with E-state index < -0.39 is 29.7 Å². The molecule has 3 aromatic carbocycles. The number of hydrogen-bond acceptors (Lipinski definition) is 11. The Hall–Kier alpha value is -5.90. The molecule has 4 aromatic rings. The van der Waals surface area contributed by atoms with Gasteiger partial charge in [-0.05, 0) is 162 Å². The summed E-state index contributed by atoms with van der Waals surface area (Å²) in [6.45, 7) is 10.5. The van der Waals surface area contributed by atoms with Gasteiger partial charge in [-0.2, -0.15) is 5.10 Å². The van der Waals surface area contributed by atoms with Gasteiger partial charge in [-0.3, -0.25) is 34.2 Å². The molecule has 0 aliphatic carbocycles. The van der Waals surface area contributed by atoms with E-state index in [2.05, 4.69) is 30.0 Å². The van der Waals surface area contributed by atoms with Crippen LogP contribution in [0.2, 0.25) is 0 Å². The summed E-state index contributed by atoms with van der Waals surface area (Å²) in [6.07, 6.45) is 7.89. The minimum atomic E-state index is -0.949. The first-order valence-electron chi connectivity index (χ1n) is 23.7. The van der Waals surface area contributed by atoms with Crippen molar-refractivity contribution in [2.45, 2.75) is 75.8 Å². The number of amides is 5. The van der Waals surface area contributed by atoms with Crippen molar-refractivity contribution in [2.24, 2.45) is 17.6 Å². The van der Waals surface area contributed by atoms with Gasteiger partial charge < -0.3 is 30.5 Å². The second kappa shape index (κ2) is 18.5. The van der Waals surface area contributed by atoms with Gasteiger partial charge in [-0.25, -0.2) is 4.68 Å². The van der Waals surface area contributed by atoms with Gasteiger partial charge in [-0.1, -0.05) is 24.3 Å². The Morgan fingerprint density at radius 2 is 1.38 bits per heavy atom. The lowest BCUT2D eigenvalue weighted by atomic mass is 9.86. The molecule has 10 rings (SSSR count). The number of likely N-dealkylation sites (tertiary alicyclic amines) is 3. The molecule has 4 N–H and O–H groups in total. The summed E-state index contributed by atoms with van der Waals surface area (Å²) in [5.41, 5.74) is 9.68. The number of para-hydroxylation sites is 1. The zero-order valence-electron chi connectivity index (χ0n) is 37.0. The van der Waals surface area contributed by atoms with Crippen LogP contribution in [0.25, 0.3) is 11.3 Å². The molecule has 0 saturated carbocycles. The second-order valence-electron chi connectivity index (χ2n) is 18.9. The SMILES string of the molecule is NC(=O)c1c(-c2ccc(Oc3ccccc3)cc2)nn2c1NCCC2C1CCN(CC2CCN(CCN3CCC(c4ccc5c(c4)C(=O)N(C4CCC(=O)NC4=O)C5=O)CC3)CC2)CC1. The largest absolute Gasteiger partial charge is 0.457 e. The molecule has 2 atom stereocenters. The normalized spacial score (nSPS) is 23.0. The van der Waals surface area contributed by atoms with Crippen molar-refractivity contribution < 1.29 is 28.7 Å². The zero-order valence-corrected chi connectivity index (χ0v) is 37.0. The number of anilines is 1. The molecular weight excluding hydrogens is 823 g/mol. The number of aromatic nitrogens is 2. The average molecular weight is 882 g/mol. The lowest BCUT2D eigenvalue weighted by Gasteiger charge is -2.41. The quantitative estimate of drug-likeness (QED) is 0.153. The molecule has 7 heterocycles. The lowest BCUT2D eigenvalue weighted by Crippen LogP contribution is -2.54. The monoisotopic (exact) mass is 881 g/mol. The minimum absolute atomic E-state index is 0.109. The Balaban J connectivity index is 0.661. The van der Waals surface area contributed by atoms with Crippen LogP contribution in [0, 0.1) is 11.8 Å². The van der Waals surface area contributed by atoms with E-state index in [-0.39, 0.29) is 24.8 Å². The Bertz CT molecular complexity index is 2430. The average Bonchev–Trinajstić information content (AvgIpc) is 3.84. The van der Waals surface area contributed by atoms with Gasteiger partial charge in [-0.15, -0.1) is 0 Å². The number of carbonyl (C=O) groups is 5. The van der Waals surface area contributed by atoms with Crippen molar-refractivity contribution >= 4 is 35.4 Å². The Morgan fingerprint density at radius 1 is 0.723 bits per heavy atom. The number of nitrogens with two attached hydrogens (primary N) is 1. The number of hydrogen-bond donors (Lipinski definition) is 3. The molecule has 4 saturated heterocycles. The zero-order chi connectivity index (χ0) is 44.6. The molecule has 0 spiro atoms. The lowest BCUT2D eigenvalue weighted by molar-refractivity contribution is -0.136. The topological polar surface area (TPSA) is 175 Å². The van der Waals surface area contributed by atoms with Gasteiger partial charge in [0.15, 0.2) is 0 Å². The van der Waals surface area contributed by atoms with Gasteiger partial charge in [0.05, 0.1) is 17.2 Å². The van der Waals surface area contributed by atoms with Crippen molar-refractivity contribution in [3.05, 3.63) is 95.1 Å². The van der Waals surface area contributed by atoms with E-state index in [1.54, 1.807) is 6.07 Å². The van der Waals surface area contributed by atoms with Crippen LogP contribution in [-0.2, 0) is 9.59 Å². The molecule has 1 aromatic heterocycles. The first-order chi connectivity index (χ1) is 31.7. The third-order valence-corrected chi connectivity index (χ3v) is 15.0. The summed E-state index contributed by atoms with van der Waals surface area (Å²) in [7, 11) is 0. The Labute approximate surface area is 379 Å². The van der Waals surface area contributed by atoms with Crippen LogP contribution in [0.3, 0.4) is 0 Å². The third-order valence-electron chi connectivity index (χ3n) is 15.0. The first kappa shape index (κ1) is 43.0. The standard InChI is InChI=1S/C50H59N9O6/c51-46(61)44-45(35-6-9-38(10-7-35)65-37-4-2-1-3-5-37)54-59-41(14-21-52-47(44)59)34-19-26-57(27-20-34)31-32-15-22-55(23-16-32)28-29-56-24-17-33(18-25-56)36-8-11-39-40(30-36)50(64)58(49(39)63)42-12-13-43(60)53-48(42)62/h1-11,30,32-34,41-42,52H,12-29,31H2,(H2,51,61)(H,53,60,62). The second-order valence-corrected chi connectivity index (χ2v) is 18.9. The number of ether oxygens (including phenoxy) is 1. The van der Waals surface area contributed by atoms with Gasteiger partial charge in [0.25, 0.3) is 17.7 Å². The van der Waals surface area contributed by atoms with Crippen molar-refractivity contribution in [3.8, 4) is 22.8 Å². The molecule has 0 bridgehead atoms. The first-order valence-corrected chi connectivity index (χ1v) is 23.7. The summed E-state index contributed by atoms with van der Waals surface area (Å²) in [6, 6.07) is 22.2. The van der Waals surface area contributed by atoms with Crippen LogP contribution in [0.5, 0.6) is 11.5 Å². The molecule has 65 heavy (non-hydrogen) atoms. The summed E-state index contributed by atoms with van der Waals surface area (Å²) in [5.74, 6) is 1.38. The number of imide groups is 2. The Kier molecular flexibility index (Phi) is 12.3. The van der Waals surface area contributed by atoms with Crippen LogP contribution in [0.1, 0.15) is 106 Å². The van der Waals surface area contributed by atoms with Crippen LogP contribution in [-0.4, -0.2) is 130 Å². The molecule has 4 fully saturated rings. The van der Waals surface area contributed by atoms with Gasteiger partial charge in [0, 0.05) is 38.2 Å². The maximum Gasteiger partial charge on any atom is 0.262 e. The number of benzene rings is 3. The molecule has 0 radical (unpaired) electrons. The van der Waals surface area contributed by atoms with Crippen molar-refractivity contribution in [2.75, 3.05) is 70.8 Å². The maximum atomic E-state index is 13.4. The highest BCUT2D eigenvalue weighted by atomic mass is 16.5. The van der Waals surface area contributed by atoms with E-state index in [1.807, 2.05) is 66.7 Å². The molecule has 5 amide bonds. The minimum Gasteiger partial charge on any atom is -0.457 e. The summed E-state index contributed by atoms with van der Waals surface area (Å²) in [4.78, 5) is 72.5. The van der Waals surface area contributed by atoms with E-state index in [0.29, 0.717) is 45.9 Å². The molecule has 6 aliphatic heterocycles. The van der Waals surface area contributed by atoms with Crippen molar-refractivity contribution in [1.29, 1.82) is 0 Å². The van der Waals surface area contributed by atoms with Gasteiger partial charge >= 0.3 is 0 Å². The molecule has 15 nitrogen and oxygen atoms in total. The number of nitrogens with one attached hydrogen (secondary N) is 2. The fraction of sp³-hybridized carbons (Fsp3) is 0.480. The highest BCUT2D eigenvalue weighted by Crippen LogP contribution is 2.41. The molecule has 340 valence electrons. The highest BCUT2D eigenvalue weighted by molar-refractivity contribution is 6.23. The maximum absolute atomic E-state index is 13.4. The summed E-state index contributed by atoms with van der Waals surface area (Å²) >= 11 is 0. The molecular formula is C50H59N9O6. The van der Waals surface area contributed by atoms with E-state index in [9.17, 15) is 24.0 Å². The number of nitrogens with zero attached hydrogens (tertiary/aromatic N) is 6. The van der Waals surface area contributed by atoms with Crippen molar-refractivity contribution in [3.63, 3.8) is 0 Å². The fourth-order valence-corrected chi connectivity index (χ4v) is 11.3. The van der Waals surface area contributed by atoms with Crippen LogP contribution in [0.4, 0.5) is 5.82 Å². The van der Waals surface area contributed by atoms with Crippen molar-refractivity contribution in [1.82, 2.24) is 34.7 Å². The number of rotatable bonds is 12. The Morgan fingerprint density at radius 3 is 2.08 bits per heavy atom. The molecule has 6 aliphatic rings. The number of piperidine rings is 4. The third kappa shape index (κ3) is 8.93. The summed E-state index contributed by atoms with van der Waals surface area (Å²) in [5, 5.41) is 10.8. The smallest absolute Gasteiger partial charge is 0.262 e. The van der Waals surface area contributed by atoms with Crippen LogP contribution < -0.4 is 21.1 Å². The predicted octanol–water partition coefficient (Wildman–Crippen LogP) is 5.50. The number of carbonyl (C=O) groups excluding carboxylic acids is 5. The number of primary amides is 1. The molecule has 15 heteroatoms. The number of fused-ring (bicyclic) bond motifs is 2. The van der Waals surface area contributed by atoms with E-state index >= 15 is 0 Å². The molecule has 2 unspecified atom stereocenters. The summed E-state index contributed by atoms with van der Waals surface area (Å²) < 4.78 is 8.06. The highest BCUT2D eigenvalue weighted by Gasteiger charge is 2.45. The van der Waals surface area contributed by atoms with Gasteiger partial charge in [0.2, 0.25) is 11.8 Å². The predicted molar refractivity (Wildman–Crippen MR) is 245 cm³/mol. The van der Waals surface area contributed by atoms with Gasteiger partial charge in [0.1, 0.15) is 34.6 Å². The van der Waals surface area contributed by atoms with E-state index in [0.717, 1.165) is 125 Å². The fourth-order valence-electron chi connectivity index (χ4n) is 11.3. The van der Waals surface area contributed by atoms with E-state index in [1.165, 1.54) is 12.8 Å².